The summed E-state index contributed by atoms with van der Waals surface area (Å²) >= 11 is 0. The molecule has 8 nitrogen and oxygen atoms in total. The molecule has 2 aromatic rings. The zero-order chi connectivity index (χ0) is 18.5. The lowest BCUT2D eigenvalue weighted by Crippen LogP contribution is -2.42. The Labute approximate surface area is 150 Å². The second kappa shape index (κ2) is 7.99. The van der Waals surface area contributed by atoms with Gasteiger partial charge in [0.2, 0.25) is 0 Å². The number of oxazole rings is 1. The number of hydrogen-bond acceptors (Lipinski definition) is 7. The number of amides is 1. The molecule has 0 N–H and O–H groups in total. The summed E-state index contributed by atoms with van der Waals surface area (Å²) in [6.45, 7) is 2.68. The Morgan fingerprint density at radius 3 is 2.73 bits per heavy atom. The molecule has 0 unspecified atom stereocenters. The molecule has 1 aromatic carbocycles. The number of piperidine rings is 1. The number of esters is 2. The van der Waals surface area contributed by atoms with Crippen LogP contribution in [0.1, 0.15) is 30.1 Å². The molecular weight excluding hydrogens is 340 g/mol. The van der Waals surface area contributed by atoms with Crippen LogP contribution >= 0.6 is 0 Å². The first-order valence-corrected chi connectivity index (χ1v) is 8.53. The van der Waals surface area contributed by atoms with Crippen molar-refractivity contribution in [2.45, 2.75) is 19.8 Å². The highest BCUT2D eigenvalue weighted by Gasteiger charge is 2.28. The molecule has 1 amide bonds. The van der Waals surface area contributed by atoms with Gasteiger partial charge < -0.3 is 18.8 Å². The van der Waals surface area contributed by atoms with E-state index in [0.29, 0.717) is 49.2 Å². The van der Waals surface area contributed by atoms with Crippen molar-refractivity contribution in [1.82, 2.24) is 9.88 Å². The smallest absolute Gasteiger partial charge is 0.338 e. The molecular formula is C18H20N2O6. The number of aromatic nitrogens is 1. The van der Waals surface area contributed by atoms with Crippen LogP contribution in [0.5, 0.6) is 0 Å². The summed E-state index contributed by atoms with van der Waals surface area (Å²) < 4.78 is 15.2. The molecule has 1 saturated heterocycles. The van der Waals surface area contributed by atoms with Gasteiger partial charge in [0.1, 0.15) is 5.52 Å². The summed E-state index contributed by atoms with van der Waals surface area (Å²) in [5.74, 6) is -1.26. The van der Waals surface area contributed by atoms with E-state index in [4.69, 9.17) is 13.9 Å². The minimum atomic E-state index is -0.599. The summed E-state index contributed by atoms with van der Waals surface area (Å²) in [5.41, 5.74) is 1.41. The highest BCUT2D eigenvalue weighted by atomic mass is 16.5. The summed E-state index contributed by atoms with van der Waals surface area (Å²) in [4.78, 5) is 41.6. The van der Waals surface area contributed by atoms with Crippen LogP contribution in [0.4, 0.5) is 0 Å². The summed E-state index contributed by atoms with van der Waals surface area (Å²) in [6, 6.07) is 4.75. The lowest BCUT2D eigenvalue weighted by atomic mass is 9.97. The summed E-state index contributed by atoms with van der Waals surface area (Å²) in [7, 11) is 0. The van der Waals surface area contributed by atoms with E-state index < -0.39 is 5.97 Å². The van der Waals surface area contributed by atoms with Crippen molar-refractivity contribution in [3.8, 4) is 0 Å². The number of ether oxygens (including phenoxy) is 2. The van der Waals surface area contributed by atoms with Gasteiger partial charge in [-0.1, -0.05) is 0 Å². The maximum Gasteiger partial charge on any atom is 0.338 e. The molecule has 26 heavy (non-hydrogen) atoms. The third kappa shape index (κ3) is 4.01. The average Bonchev–Trinajstić information content (AvgIpc) is 3.14. The van der Waals surface area contributed by atoms with E-state index >= 15 is 0 Å². The Bertz CT molecular complexity index is 807. The fourth-order valence-corrected chi connectivity index (χ4v) is 2.91. The van der Waals surface area contributed by atoms with Gasteiger partial charge in [0.15, 0.2) is 18.6 Å². The highest BCUT2D eigenvalue weighted by molar-refractivity contribution is 5.94. The Kier molecular flexibility index (Phi) is 5.50. The van der Waals surface area contributed by atoms with Gasteiger partial charge >= 0.3 is 11.9 Å². The van der Waals surface area contributed by atoms with E-state index in [-0.39, 0.29) is 24.4 Å². The molecule has 1 aliphatic rings. The molecule has 0 bridgehead atoms. The van der Waals surface area contributed by atoms with Crippen LogP contribution in [-0.4, -0.2) is 54.0 Å². The Morgan fingerprint density at radius 1 is 1.23 bits per heavy atom. The van der Waals surface area contributed by atoms with Gasteiger partial charge in [-0.15, -0.1) is 0 Å². The molecule has 138 valence electrons. The van der Waals surface area contributed by atoms with Crippen molar-refractivity contribution in [2.75, 3.05) is 26.3 Å². The van der Waals surface area contributed by atoms with Gasteiger partial charge in [0.05, 0.1) is 18.1 Å². The van der Waals surface area contributed by atoms with Gasteiger partial charge in [-0.05, 0) is 38.0 Å². The predicted molar refractivity (Wildman–Crippen MR) is 90.2 cm³/mol. The van der Waals surface area contributed by atoms with Crippen molar-refractivity contribution in [1.29, 1.82) is 0 Å². The lowest BCUT2D eigenvalue weighted by molar-refractivity contribution is -0.151. The monoisotopic (exact) mass is 360 g/mol. The second-order valence-corrected chi connectivity index (χ2v) is 6.02. The van der Waals surface area contributed by atoms with Gasteiger partial charge in [-0.2, -0.15) is 0 Å². The van der Waals surface area contributed by atoms with E-state index in [9.17, 15) is 14.4 Å². The number of carbonyl (C=O) groups is 3. The topological polar surface area (TPSA) is 98.9 Å². The molecule has 1 fully saturated rings. The first kappa shape index (κ1) is 17.9. The number of fused-ring (bicyclic) bond motifs is 1. The van der Waals surface area contributed by atoms with Crippen LogP contribution in [0.15, 0.2) is 29.0 Å². The van der Waals surface area contributed by atoms with Crippen molar-refractivity contribution in [2.24, 2.45) is 5.92 Å². The molecule has 0 radical (unpaired) electrons. The molecule has 0 spiro atoms. The standard InChI is InChI=1S/C18H20N2O6/c1-2-24-17(22)12-5-7-20(8-6-12)16(21)10-25-18(23)13-3-4-14-15(9-13)26-11-19-14/h3-4,9,11-12H,2,5-8,10H2,1H3. The lowest BCUT2D eigenvalue weighted by Gasteiger charge is -2.30. The van der Waals surface area contributed by atoms with Crippen LogP contribution in [0.2, 0.25) is 0 Å². The SMILES string of the molecule is CCOC(=O)C1CCN(C(=O)COC(=O)c2ccc3ncoc3c2)CC1. The third-order valence-corrected chi connectivity index (χ3v) is 4.36. The number of rotatable bonds is 5. The van der Waals surface area contributed by atoms with E-state index in [1.165, 1.54) is 12.5 Å². The quantitative estimate of drug-likeness (QED) is 0.750. The van der Waals surface area contributed by atoms with Crippen molar-refractivity contribution < 1.29 is 28.3 Å². The van der Waals surface area contributed by atoms with Crippen LogP contribution < -0.4 is 0 Å². The molecule has 0 atom stereocenters. The Hall–Kier alpha value is -2.90. The molecule has 8 heteroatoms. The molecule has 0 aliphatic carbocycles. The van der Waals surface area contributed by atoms with Crippen molar-refractivity contribution in [3.05, 3.63) is 30.2 Å². The van der Waals surface area contributed by atoms with Crippen LogP contribution in [0, 0.1) is 5.92 Å². The number of nitrogens with zero attached hydrogens (tertiary/aromatic N) is 2. The first-order chi connectivity index (χ1) is 12.6. The van der Waals surface area contributed by atoms with Crippen molar-refractivity contribution in [3.63, 3.8) is 0 Å². The third-order valence-electron chi connectivity index (χ3n) is 4.36. The number of hydrogen-bond donors (Lipinski definition) is 0. The Balaban J connectivity index is 1.48. The first-order valence-electron chi connectivity index (χ1n) is 8.53. The van der Waals surface area contributed by atoms with Crippen LogP contribution in [0.25, 0.3) is 11.1 Å². The fourth-order valence-electron chi connectivity index (χ4n) is 2.91. The van der Waals surface area contributed by atoms with Gasteiger partial charge in [0, 0.05) is 13.1 Å². The highest BCUT2D eigenvalue weighted by Crippen LogP contribution is 2.19. The van der Waals surface area contributed by atoms with E-state index in [1.54, 1.807) is 24.0 Å². The van der Waals surface area contributed by atoms with Crippen LogP contribution in [-0.2, 0) is 19.1 Å². The zero-order valence-corrected chi connectivity index (χ0v) is 14.5. The second-order valence-electron chi connectivity index (χ2n) is 6.02. The van der Waals surface area contributed by atoms with E-state index in [0.717, 1.165) is 0 Å². The molecule has 3 rings (SSSR count). The maximum absolute atomic E-state index is 12.2. The molecule has 0 saturated carbocycles. The predicted octanol–water partition coefficient (Wildman–Crippen LogP) is 1.79. The van der Waals surface area contributed by atoms with Gasteiger partial charge in [-0.25, -0.2) is 9.78 Å². The number of carbonyl (C=O) groups excluding carboxylic acids is 3. The molecule has 1 aliphatic heterocycles. The number of likely N-dealkylation sites (tertiary alicyclic amines) is 1. The zero-order valence-electron chi connectivity index (χ0n) is 14.5. The minimum absolute atomic E-state index is 0.171. The molecule has 2 heterocycles. The minimum Gasteiger partial charge on any atom is -0.466 e. The fraction of sp³-hybridized carbons (Fsp3) is 0.444. The number of benzene rings is 1. The normalized spacial score (nSPS) is 15.0. The summed E-state index contributed by atoms with van der Waals surface area (Å²) in [5, 5.41) is 0. The van der Waals surface area contributed by atoms with Crippen LogP contribution in [0.3, 0.4) is 0 Å². The van der Waals surface area contributed by atoms with Gasteiger partial charge in [0.25, 0.3) is 5.91 Å². The Morgan fingerprint density at radius 2 is 2.00 bits per heavy atom. The largest absolute Gasteiger partial charge is 0.466 e. The van der Waals surface area contributed by atoms with E-state index in [1.807, 2.05) is 0 Å². The van der Waals surface area contributed by atoms with E-state index in [2.05, 4.69) is 4.98 Å². The average molecular weight is 360 g/mol. The maximum atomic E-state index is 12.2. The molecule has 1 aromatic heterocycles. The van der Waals surface area contributed by atoms with Gasteiger partial charge in [-0.3, -0.25) is 9.59 Å². The summed E-state index contributed by atoms with van der Waals surface area (Å²) in [6.07, 6.45) is 2.41. The van der Waals surface area contributed by atoms with Crippen molar-refractivity contribution >= 4 is 28.9 Å².